The molecule has 138 valence electrons. The lowest BCUT2D eigenvalue weighted by Gasteiger charge is -2.11. The lowest BCUT2D eigenvalue weighted by Crippen LogP contribution is -2.13. The number of hydrogen-bond donors (Lipinski definition) is 2. The Hall–Kier alpha value is -3.32. The molecule has 0 unspecified atom stereocenters. The molecule has 27 heavy (non-hydrogen) atoms. The predicted molar refractivity (Wildman–Crippen MR) is 102 cm³/mol. The molecule has 0 saturated heterocycles. The van der Waals surface area contributed by atoms with E-state index in [-0.39, 0.29) is 16.1 Å². The maximum Gasteiger partial charge on any atom is 0.335 e. The van der Waals surface area contributed by atoms with E-state index >= 15 is 0 Å². The largest absolute Gasteiger partial charge is 0.478 e. The molecule has 0 aliphatic heterocycles. The van der Waals surface area contributed by atoms with Crippen molar-refractivity contribution in [3.05, 3.63) is 83.9 Å². The zero-order valence-corrected chi connectivity index (χ0v) is 15.2. The number of aryl methyl sites for hydroxylation is 1. The molecule has 6 nitrogen and oxygen atoms in total. The molecule has 0 aliphatic carbocycles. The second kappa shape index (κ2) is 7.51. The van der Waals surface area contributed by atoms with E-state index in [2.05, 4.69) is 4.72 Å². The smallest absolute Gasteiger partial charge is 0.335 e. The molecule has 0 atom stereocenters. The Morgan fingerprint density at radius 2 is 1.67 bits per heavy atom. The number of para-hydroxylation sites is 1. The van der Waals surface area contributed by atoms with Crippen LogP contribution in [0.25, 0.3) is 0 Å². The van der Waals surface area contributed by atoms with E-state index in [4.69, 9.17) is 9.84 Å². The highest BCUT2D eigenvalue weighted by molar-refractivity contribution is 7.92. The van der Waals surface area contributed by atoms with Crippen molar-refractivity contribution in [3.8, 4) is 11.5 Å². The topological polar surface area (TPSA) is 92.7 Å². The molecule has 3 aromatic rings. The van der Waals surface area contributed by atoms with Crippen LogP contribution in [0.2, 0.25) is 0 Å². The summed E-state index contributed by atoms with van der Waals surface area (Å²) in [4.78, 5) is 11.1. The third kappa shape index (κ3) is 4.45. The van der Waals surface area contributed by atoms with Gasteiger partial charge in [-0.15, -0.1) is 0 Å². The Morgan fingerprint density at radius 1 is 0.963 bits per heavy atom. The number of anilines is 1. The third-order valence-electron chi connectivity index (χ3n) is 3.82. The second-order valence-electron chi connectivity index (χ2n) is 5.83. The summed E-state index contributed by atoms with van der Waals surface area (Å²) in [6.07, 6.45) is 0. The summed E-state index contributed by atoms with van der Waals surface area (Å²) in [7, 11) is -3.85. The molecule has 7 heteroatoms. The molecule has 2 N–H and O–H groups in total. The van der Waals surface area contributed by atoms with E-state index in [9.17, 15) is 13.2 Å². The minimum atomic E-state index is -3.85. The highest BCUT2D eigenvalue weighted by atomic mass is 32.2. The van der Waals surface area contributed by atoms with Gasteiger partial charge in [0.2, 0.25) is 0 Å². The first-order valence-electron chi connectivity index (χ1n) is 8.05. The number of carboxylic acid groups (broad SMARTS) is 1. The lowest BCUT2D eigenvalue weighted by atomic mass is 10.2. The van der Waals surface area contributed by atoms with Crippen molar-refractivity contribution in [2.75, 3.05) is 4.72 Å². The number of benzene rings is 3. The lowest BCUT2D eigenvalue weighted by molar-refractivity contribution is 0.0697. The van der Waals surface area contributed by atoms with Crippen molar-refractivity contribution in [2.24, 2.45) is 0 Å². The van der Waals surface area contributed by atoms with Gasteiger partial charge in [0.25, 0.3) is 10.0 Å². The van der Waals surface area contributed by atoms with Crippen LogP contribution in [0.1, 0.15) is 15.9 Å². The number of hydrogen-bond acceptors (Lipinski definition) is 4. The number of carbonyl (C=O) groups is 1. The van der Waals surface area contributed by atoms with Gasteiger partial charge < -0.3 is 9.84 Å². The van der Waals surface area contributed by atoms with Crippen molar-refractivity contribution >= 4 is 21.7 Å². The van der Waals surface area contributed by atoms with Crippen LogP contribution in [-0.2, 0) is 10.0 Å². The average molecular weight is 383 g/mol. The number of carboxylic acids is 1. The molecular weight excluding hydrogens is 366 g/mol. The summed E-state index contributed by atoms with van der Waals surface area (Å²) < 4.78 is 33.1. The average Bonchev–Trinajstić information content (AvgIpc) is 2.64. The van der Waals surface area contributed by atoms with E-state index in [1.807, 2.05) is 31.2 Å². The minimum absolute atomic E-state index is 0.00261. The minimum Gasteiger partial charge on any atom is -0.478 e. The van der Waals surface area contributed by atoms with Crippen LogP contribution in [0.15, 0.2) is 77.7 Å². The van der Waals surface area contributed by atoms with E-state index < -0.39 is 16.0 Å². The van der Waals surface area contributed by atoms with Gasteiger partial charge in [0.15, 0.2) is 0 Å². The van der Waals surface area contributed by atoms with Gasteiger partial charge in [-0.3, -0.25) is 4.72 Å². The van der Waals surface area contributed by atoms with Gasteiger partial charge in [-0.1, -0.05) is 24.3 Å². The van der Waals surface area contributed by atoms with Crippen LogP contribution in [0.5, 0.6) is 11.5 Å². The summed E-state index contributed by atoms with van der Waals surface area (Å²) in [6, 6.07) is 19.1. The van der Waals surface area contributed by atoms with Gasteiger partial charge in [-0.2, -0.15) is 0 Å². The molecule has 0 bridgehead atoms. The Morgan fingerprint density at radius 3 is 2.33 bits per heavy atom. The molecule has 0 aliphatic rings. The number of nitrogens with one attached hydrogen (secondary N) is 1. The molecule has 0 fully saturated rings. The SMILES string of the molecule is Cc1ccccc1Oc1ccc(S(=O)(=O)Nc2cccc(C(=O)O)c2)cc1. The molecule has 0 aromatic heterocycles. The van der Waals surface area contributed by atoms with Crippen molar-refractivity contribution in [2.45, 2.75) is 11.8 Å². The number of ether oxygens (including phenoxy) is 1. The fraction of sp³-hybridized carbons (Fsp3) is 0.0500. The molecule has 0 spiro atoms. The number of aromatic carboxylic acids is 1. The maximum absolute atomic E-state index is 12.5. The van der Waals surface area contributed by atoms with Crippen LogP contribution >= 0.6 is 0 Å². The zero-order chi connectivity index (χ0) is 19.4. The third-order valence-corrected chi connectivity index (χ3v) is 5.21. The highest BCUT2D eigenvalue weighted by Gasteiger charge is 2.15. The van der Waals surface area contributed by atoms with Gasteiger partial charge in [-0.05, 0) is 61.0 Å². The van der Waals surface area contributed by atoms with Gasteiger partial charge in [0.1, 0.15) is 11.5 Å². The first kappa shape index (κ1) is 18.5. The predicted octanol–water partition coefficient (Wildman–Crippen LogP) is 4.29. The van der Waals surface area contributed by atoms with Crippen LogP contribution in [0, 0.1) is 6.92 Å². The summed E-state index contributed by atoms with van der Waals surface area (Å²) in [5, 5.41) is 9.00. The summed E-state index contributed by atoms with van der Waals surface area (Å²) >= 11 is 0. The molecule has 0 radical (unpaired) electrons. The first-order chi connectivity index (χ1) is 12.8. The standard InChI is InChI=1S/C20H17NO5S/c1-14-5-2-3-8-19(14)26-17-9-11-18(12-10-17)27(24,25)21-16-7-4-6-15(13-16)20(22)23/h2-13,21H,1H3,(H,22,23). The number of rotatable bonds is 6. The Balaban J connectivity index is 1.78. The molecular formula is C20H17NO5S. The monoisotopic (exact) mass is 383 g/mol. The van der Waals surface area contributed by atoms with Crippen molar-refractivity contribution in [1.29, 1.82) is 0 Å². The van der Waals surface area contributed by atoms with Crippen molar-refractivity contribution < 1.29 is 23.1 Å². The first-order valence-corrected chi connectivity index (χ1v) is 9.53. The van der Waals surface area contributed by atoms with Crippen LogP contribution in [0.4, 0.5) is 5.69 Å². The summed E-state index contributed by atoms with van der Waals surface area (Å²) in [6.45, 7) is 1.92. The van der Waals surface area contributed by atoms with E-state index in [0.717, 1.165) is 5.56 Å². The highest BCUT2D eigenvalue weighted by Crippen LogP contribution is 2.26. The molecule has 0 saturated carbocycles. The Labute approximate surface area is 157 Å². The summed E-state index contributed by atoms with van der Waals surface area (Å²) in [5.74, 6) is 0.0709. The fourth-order valence-corrected chi connectivity index (χ4v) is 3.46. The fourth-order valence-electron chi connectivity index (χ4n) is 2.41. The molecule has 0 amide bonds. The zero-order valence-electron chi connectivity index (χ0n) is 14.4. The van der Waals surface area contributed by atoms with Gasteiger partial charge in [-0.25, -0.2) is 13.2 Å². The van der Waals surface area contributed by atoms with Crippen molar-refractivity contribution in [3.63, 3.8) is 0 Å². The summed E-state index contributed by atoms with van der Waals surface area (Å²) in [5.41, 5.74) is 1.14. The van der Waals surface area contributed by atoms with Gasteiger partial charge in [0, 0.05) is 5.69 Å². The second-order valence-corrected chi connectivity index (χ2v) is 7.51. The van der Waals surface area contributed by atoms with Crippen LogP contribution in [-0.4, -0.2) is 19.5 Å². The van der Waals surface area contributed by atoms with Gasteiger partial charge >= 0.3 is 5.97 Å². The number of sulfonamides is 1. The molecule has 0 heterocycles. The van der Waals surface area contributed by atoms with E-state index in [0.29, 0.717) is 11.5 Å². The maximum atomic E-state index is 12.5. The van der Waals surface area contributed by atoms with Crippen molar-refractivity contribution in [1.82, 2.24) is 0 Å². The molecule has 3 aromatic carbocycles. The van der Waals surface area contributed by atoms with Crippen LogP contribution in [0.3, 0.4) is 0 Å². The van der Waals surface area contributed by atoms with Crippen LogP contribution < -0.4 is 9.46 Å². The van der Waals surface area contributed by atoms with E-state index in [1.54, 1.807) is 12.1 Å². The normalized spacial score (nSPS) is 11.0. The van der Waals surface area contributed by atoms with E-state index in [1.165, 1.54) is 36.4 Å². The quantitative estimate of drug-likeness (QED) is 0.662. The van der Waals surface area contributed by atoms with Gasteiger partial charge in [0.05, 0.1) is 10.5 Å². The Bertz CT molecular complexity index is 1080. The Kier molecular flexibility index (Phi) is 5.14. The molecule has 3 rings (SSSR count).